The number of fused-ring (bicyclic) bond motifs is 1. The molecular formula is C21H21N3O2. The molecule has 3 heterocycles. The number of benzene rings is 1. The second kappa shape index (κ2) is 7.14. The van der Waals surface area contributed by atoms with Gasteiger partial charge in [-0.15, -0.1) is 0 Å². The number of aryl methyl sites for hydroxylation is 1. The van der Waals surface area contributed by atoms with Crippen molar-refractivity contribution in [2.45, 2.75) is 19.3 Å². The van der Waals surface area contributed by atoms with Crippen molar-refractivity contribution < 1.29 is 9.90 Å². The second-order valence-electron chi connectivity index (χ2n) is 6.54. The number of amides is 1. The molecule has 0 saturated heterocycles. The van der Waals surface area contributed by atoms with Crippen LogP contribution in [0.25, 0.3) is 22.5 Å². The highest BCUT2D eigenvalue weighted by molar-refractivity contribution is 5.97. The molecule has 0 radical (unpaired) electrons. The standard InChI is InChI=1S/C21H21N3O2/c25-10-2-4-14-3-1-5-15(11-14)19-12-16(6-8-22-19)20-13-17-18(24-20)7-9-23-21(17)26/h1,3,5-6,8,11-13,24-25H,2,4,7,9-10H2,(H,23,26). The first kappa shape index (κ1) is 16.5. The van der Waals surface area contributed by atoms with Crippen molar-refractivity contribution in [3.8, 4) is 22.5 Å². The number of nitrogens with zero attached hydrogens (tertiary/aromatic N) is 1. The average molecular weight is 347 g/mol. The minimum absolute atomic E-state index is 0.0142. The molecule has 1 aliphatic rings. The van der Waals surface area contributed by atoms with Crippen LogP contribution in [-0.4, -0.2) is 34.1 Å². The van der Waals surface area contributed by atoms with Crippen LogP contribution >= 0.6 is 0 Å². The zero-order chi connectivity index (χ0) is 17.9. The maximum atomic E-state index is 12.0. The summed E-state index contributed by atoms with van der Waals surface area (Å²) in [4.78, 5) is 19.9. The fourth-order valence-corrected chi connectivity index (χ4v) is 3.37. The predicted molar refractivity (Wildman–Crippen MR) is 101 cm³/mol. The third-order valence-corrected chi connectivity index (χ3v) is 4.72. The third kappa shape index (κ3) is 3.26. The van der Waals surface area contributed by atoms with Crippen LogP contribution in [0.2, 0.25) is 0 Å². The number of aromatic amines is 1. The largest absolute Gasteiger partial charge is 0.396 e. The highest BCUT2D eigenvalue weighted by Crippen LogP contribution is 2.27. The van der Waals surface area contributed by atoms with Gasteiger partial charge in [-0.05, 0) is 42.7 Å². The van der Waals surface area contributed by atoms with Gasteiger partial charge >= 0.3 is 0 Å². The zero-order valence-electron chi connectivity index (χ0n) is 14.5. The summed E-state index contributed by atoms with van der Waals surface area (Å²) in [5.41, 5.74) is 6.81. The van der Waals surface area contributed by atoms with Gasteiger partial charge in [0.2, 0.25) is 0 Å². The lowest BCUT2D eigenvalue weighted by Crippen LogP contribution is -2.31. The van der Waals surface area contributed by atoms with E-state index in [0.29, 0.717) is 6.54 Å². The van der Waals surface area contributed by atoms with Gasteiger partial charge in [0.05, 0.1) is 11.3 Å². The summed E-state index contributed by atoms with van der Waals surface area (Å²) < 4.78 is 0. The minimum Gasteiger partial charge on any atom is -0.396 e. The molecule has 3 N–H and O–H groups in total. The maximum absolute atomic E-state index is 12.0. The number of aliphatic hydroxyl groups is 1. The molecule has 1 aliphatic heterocycles. The van der Waals surface area contributed by atoms with Crippen LogP contribution in [-0.2, 0) is 12.8 Å². The SMILES string of the molecule is O=C1NCCc2[nH]c(-c3ccnc(-c4cccc(CCCO)c4)c3)cc21. The van der Waals surface area contributed by atoms with Crippen molar-refractivity contribution in [1.82, 2.24) is 15.3 Å². The number of H-pyrrole nitrogens is 1. The molecule has 0 unspecified atom stereocenters. The van der Waals surface area contributed by atoms with E-state index in [0.717, 1.165) is 53.0 Å². The van der Waals surface area contributed by atoms with Gasteiger partial charge in [0.25, 0.3) is 5.91 Å². The number of carbonyl (C=O) groups is 1. The first-order valence-corrected chi connectivity index (χ1v) is 8.91. The number of carbonyl (C=O) groups excluding carboxylic acids is 1. The van der Waals surface area contributed by atoms with Crippen LogP contribution < -0.4 is 5.32 Å². The Bertz CT molecular complexity index is 946. The van der Waals surface area contributed by atoms with Gasteiger partial charge in [-0.25, -0.2) is 0 Å². The van der Waals surface area contributed by atoms with Crippen LogP contribution in [0.3, 0.4) is 0 Å². The Morgan fingerprint density at radius 3 is 2.88 bits per heavy atom. The highest BCUT2D eigenvalue weighted by atomic mass is 16.2. The summed E-state index contributed by atoms with van der Waals surface area (Å²) in [6.45, 7) is 0.872. The summed E-state index contributed by atoms with van der Waals surface area (Å²) in [5.74, 6) is -0.0142. The van der Waals surface area contributed by atoms with Crippen molar-refractivity contribution in [3.63, 3.8) is 0 Å². The van der Waals surface area contributed by atoms with Crippen molar-refractivity contribution in [2.75, 3.05) is 13.2 Å². The second-order valence-corrected chi connectivity index (χ2v) is 6.54. The van der Waals surface area contributed by atoms with Gasteiger partial charge in [0.1, 0.15) is 0 Å². The Morgan fingerprint density at radius 1 is 1.12 bits per heavy atom. The monoisotopic (exact) mass is 347 g/mol. The molecule has 0 fully saturated rings. The number of hydrogen-bond acceptors (Lipinski definition) is 3. The number of aromatic nitrogens is 2. The molecule has 0 bridgehead atoms. The van der Waals surface area contributed by atoms with E-state index in [-0.39, 0.29) is 12.5 Å². The van der Waals surface area contributed by atoms with Gasteiger partial charge < -0.3 is 15.4 Å². The van der Waals surface area contributed by atoms with Crippen LogP contribution in [0.5, 0.6) is 0 Å². The van der Waals surface area contributed by atoms with Crippen molar-refractivity contribution >= 4 is 5.91 Å². The van der Waals surface area contributed by atoms with E-state index in [1.54, 1.807) is 6.20 Å². The Hall–Kier alpha value is -2.92. The number of aliphatic hydroxyl groups excluding tert-OH is 1. The highest BCUT2D eigenvalue weighted by Gasteiger charge is 2.20. The van der Waals surface area contributed by atoms with E-state index >= 15 is 0 Å². The molecule has 5 heteroatoms. The Kier molecular flexibility index (Phi) is 4.54. The fourth-order valence-electron chi connectivity index (χ4n) is 3.37. The van der Waals surface area contributed by atoms with Gasteiger partial charge in [0.15, 0.2) is 0 Å². The zero-order valence-corrected chi connectivity index (χ0v) is 14.5. The van der Waals surface area contributed by atoms with E-state index in [1.165, 1.54) is 5.56 Å². The van der Waals surface area contributed by atoms with Crippen LogP contribution in [0.4, 0.5) is 0 Å². The summed E-state index contributed by atoms with van der Waals surface area (Å²) in [5, 5.41) is 11.9. The Morgan fingerprint density at radius 2 is 2.04 bits per heavy atom. The Balaban J connectivity index is 1.66. The van der Waals surface area contributed by atoms with Crippen LogP contribution in [0.15, 0.2) is 48.7 Å². The molecule has 26 heavy (non-hydrogen) atoms. The van der Waals surface area contributed by atoms with Gasteiger partial charge in [0, 0.05) is 48.3 Å². The molecule has 5 nitrogen and oxygen atoms in total. The topological polar surface area (TPSA) is 78.0 Å². The van der Waals surface area contributed by atoms with E-state index in [2.05, 4.69) is 27.4 Å². The van der Waals surface area contributed by atoms with Crippen molar-refractivity contribution in [2.24, 2.45) is 0 Å². The summed E-state index contributed by atoms with van der Waals surface area (Å²) in [6.07, 6.45) is 4.23. The lowest BCUT2D eigenvalue weighted by molar-refractivity contribution is 0.0946. The van der Waals surface area contributed by atoms with Gasteiger partial charge in [-0.1, -0.05) is 18.2 Å². The normalized spacial score (nSPS) is 13.3. The van der Waals surface area contributed by atoms with Crippen LogP contribution in [0, 0.1) is 0 Å². The molecular weight excluding hydrogens is 326 g/mol. The summed E-state index contributed by atoms with van der Waals surface area (Å²) in [6, 6.07) is 14.2. The predicted octanol–water partition coefficient (Wildman–Crippen LogP) is 2.95. The first-order chi connectivity index (χ1) is 12.7. The van der Waals surface area contributed by atoms with E-state index in [9.17, 15) is 4.79 Å². The molecule has 0 spiro atoms. The molecule has 132 valence electrons. The van der Waals surface area contributed by atoms with Crippen LogP contribution in [0.1, 0.15) is 28.0 Å². The summed E-state index contributed by atoms with van der Waals surface area (Å²) in [7, 11) is 0. The number of pyridine rings is 1. The number of hydrogen-bond donors (Lipinski definition) is 3. The fraction of sp³-hybridized carbons (Fsp3) is 0.238. The lowest BCUT2D eigenvalue weighted by atomic mass is 10.0. The first-order valence-electron chi connectivity index (χ1n) is 8.91. The average Bonchev–Trinajstić information content (AvgIpc) is 3.13. The van der Waals surface area contributed by atoms with Crippen molar-refractivity contribution in [1.29, 1.82) is 0 Å². The van der Waals surface area contributed by atoms with E-state index in [4.69, 9.17) is 5.11 Å². The Labute approximate surface area is 152 Å². The van der Waals surface area contributed by atoms with Gasteiger partial charge in [-0.2, -0.15) is 0 Å². The molecule has 0 saturated carbocycles. The molecule has 2 aromatic heterocycles. The molecule has 0 atom stereocenters. The quantitative estimate of drug-likeness (QED) is 0.664. The smallest absolute Gasteiger partial charge is 0.253 e. The minimum atomic E-state index is -0.0142. The molecule has 1 amide bonds. The molecule has 0 aliphatic carbocycles. The van der Waals surface area contributed by atoms with E-state index < -0.39 is 0 Å². The lowest BCUT2D eigenvalue weighted by Gasteiger charge is -2.11. The summed E-state index contributed by atoms with van der Waals surface area (Å²) >= 11 is 0. The van der Waals surface area contributed by atoms with Crippen molar-refractivity contribution in [3.05, 3.63) is 65.5 Å². The molecule has 4 rings (SSSR count). The maximum Gasteiger partial charge on any atom is 0.253 e. The number of nitrogens with one attached hydrogen (secondary N) is 2. The van der Waals surface area contributed by atoms with Gasteiger partial charge in [-0.3, -0.25) is 9.78 Å². The third-order valence-electron chi connectivity index (χ3n) is 4.72. The molecule has 1 aromatic carbocycles. The van der Waals surface area contributed by atoms with E-state index in [1.807, 2.05) is 30.3 Å². The molecule has 3 aromatic rings. The number of rotatable bonds is 5.